The number of rotatable bonds is 5. The second-order valence-electron chi connectivity index (χ2n) is 6.42. The highest BCUT2D eigenvalue weighted by Gasteiger charge is 2.41. The van der Waals surface area contributed by atoms with Crippen molar-refractivity contribution in [2.24, 2.45) is 13.0 Å². The number of hydrogen-bond donors (Lipinski definition) is 1. The molecule has 8 nitrogen and oxygen atoms in total. The van der Waals surface area contributed by atoms with Crippen LogP contribution in [-0.2, 0) is 21.4 Å². The van der Waals surface area contributed by atoms with Crippen molar-refractivity contribution in [2.75, 3.05) is 39.4 Å². The topological polar surface area (TPSA) is 87.9 Å². The Bertz CT molecular complexity index is 597. The van der Waals surface area contributed by atoms with Gasteiger partial charge in [-0.2, -0.15) is 5.10 Å². The van der Waals surface area contributed by atoms with Gasteiger partial charge in [0.25, 0.3) is 0 Å². The monoisotopic (exact) mass is 336 g/mol. The summed E-state index contributed by atoms with van der Waals surface area (Å²) >= 11 is 0. The summed E-state index contributed by atoms with van der Waals surface area (Å²) in [6.07, 6.45) is 4.14. The molecule has 2 aliphatic rings. The summed E-state index contributed by atoms with van der Waals surface area (Å²) in [7, 11) is 1.79. The first-order valence-corrected chi connectivity index (χ1v) is 8.37. The van der Waals surface area contributed by atoms with E-state index in [1.165, 1.54) is 0 Å². The van der Waals surface area contributed by atoms with Gasteiger partial charge in [0.15, 0.2) is 0 Å². The molecule has 0 aromatic carbocycles. The molecule has 132 valence electrons. The number of likely N-dealkylation sites (tertiary alicyclic amines) is 1. The first-order valence-electron chi connectivity index (χ1n) is 8.37. The molecular formula is C16H24N4O4. The third-order valence-corrected chi connectivity index (χ3v) is 4.85. The Hall–Kier alpha value is -1.93. The summed E-state index contributed by atoms with van der Waals surface area (Å²) in [6, 6.07) is -0.446. The average Bonchev–Trinajstić information content (AvgIpc) is 3.00. The smallest absolute Gasteiger partial charge is 0.308 e. The van der Waals surface area contributed by atoms with Gasteiger partial charge in [-0.05, 0) is 6.42 Å². The molecule has 2 fully saturated rings. The van der Waals surface area contributed by atoms with Crippen LogP contribution >= 0.6 is 0 Å². The van der Waals surface area contributed by atoms with Crippen molar-refractivity contribution in [3.05, 3.63) is 18.0 Å². The molecule has 2 aliphatic heterocycles. The molecule has 1 amide bonds. The van der Waals surface area contributed by atoms with E-state index in [4.69, 9.17) is 4.74 Å². The number of morpholine rings is 1. The number of hydrogen-bond acceptors (Lipinski definition) is 5. The predicted molar refractivity (Wildman–Crippen MR) is 85.3 cm³/mol. The van der Waals surface area contributed by atoms with Gasteiger partial charge in [0.1, 0.15) is 0 Å². The van der Waals surface area contributed by atoms with Gasteiger partial charge in [0.2, 0.25) is 5.91 Å². The molecule has 1 N–H and O–H groups in total. The maximum Gasteiger partial charge on any atom is 0.308 e. The van der Waals surface area contributed by atoms with E-state index in [0.29, 0.717) is 26.2 Å². The summed E-state index contributed by atoms with van der Waals surface area (Å²) in [6.45, 7) is 4.37. The van der Waals surface area contributed by atoms with E-state index in [1.54, 1.807) is 29.0 Å². The summed E-state index contributed by atoms with van der Waals surface area (Å²) < 4.78 is 6.99. The van der Waals surface area contributed by atoms with Gasteiger partial charge in [0, 0.05) is 51.4 Å². The molecular weight excluding hydrogens is 312 g/mol. The summed E-state index contributed by atoms with van der Waals surface area (Å²) in [5, 5.41) is 13.8. The minimum Gasteiger partial charge on any atom is -0.481 e. The Kier molecular flexibility index (Phi) is 5.15. The number of aliphatic carboxylic acids is 1. The number of carbonyl (C=O) groups is 2. The SMILES string of the molecule is Cn1cc([C@H]2[C@H](C(=O)O)CCC(=O)N2CCN2CCOCC2)cn1. The Morgan fingerprint density at radius 3 is 2.75 bits per heavy atom. The zero-order chi connectivity index (χ0) is 17.1. The highest BCUT2D eigenvalue weighted by Crippen LogP contribution is 2.36. The number of carboxylic acids is 1. The van der Waals surface area contributed by atoms with Gasteiger partial charge in [-0.3, -0.25) is 19.2 Å². The Labute approximate surface area is 141 Å². The van der Waals surface area contributed by atoms with Crippen LogP contribution in [0, 0.1) is 5.92 Å². The van der Waals surface area contributed by atoms with Gasteiger partial charge in [0.05, 0.1) is 31.4 Å². The minimum absolute atomic E-state index is 0.0228. The lowest BCUT2D eigenvalue weighted by molar-refractivity contribution is -0.152. The molecule has 0 aliphatic carbocycles. The van der Waals surface area contributed by atoms with Crippen LogP contribution in [-0.4, -0.2) is 76.0 Å². The molecule has 2 atom stereocenters. The number of aromatic nitrogens is 2. The summed E-state index contributed by atoms with van der Waals surface area (Å²) in [5.74, 6) is -1.42. The van der Waals surface area contributed by atoms with Crippen molar-refractivity contribution >= 4 is 11.9 Å². The highest BCUT2D eigenvalue weighted by atomic mass is 16.5. The van der Waals surface area contributed by atoms with Crippen molar-refractivity contribution in [1.29, 1.82) is 0 Å². The first-order chi connectivity index (χ1) is 11.6. The first kappa shape index (κ1) is 16.9. The number of piperidine rings is 1. The number of carbonyl (C=O) groups excluding carboxylic acids is 1. The van der Waals surface area contributed by atoms with Crippen molar-refractivity contribution < 1.29 is 19.4 Å². The van der Waals surface area contributed by atoms with E-state index >= 15 is 0 Å². The van der Waals surface area contributed by atoms with Crippen molar-refractivity contribution in [3.63, 3.8) is 0 Å². The molecule has 24 heavy (non-hydrogen) atoms. The highest BCUT2D eigenvalue weighted by molar-refractivity contribution is 5.81. The van der Waals surface area contributed by atoms with Gasteiger partial charge in [-0.25, -0.2) is 0 Å². The Morgan fingerprint density at radius 1 is 1.38 bits per heavy atom. The number of carboxylic acid groups (broad SMARTS) is 1. The van der Waals surface area contributed by atoms with E-state index in [9.17, 15) is 14.7 Å². The van der Waals surface area contributed by atoms with Crippen LogP contribution < -0.4 is 0 Å². The summed E-state index contributed by atoms with van der Waals surface area (Å²) in [4.78, 5) is 28.2. The van der Waals surface area contributed by atoms with Crippen LogP contribution in [0.3, 0.4) is 0 Å². The van der Waals surface area contributed by atoms with E-state index in [0.717, 1.165) is 25.2 Å². The number of nitrogens with zero attached hydrogens (tertiary/aromatic N) is 4. The van der Waals surface area contributed by atoms with Gasteiger partial charge in [-0.15, -0.1) is 0 Å². The van der Waals surface area contributed by atoms with Crippen LogP contribution in [0.1, 0.15) is 24.4 Å². The van der Waals surface area contributed by atoms with Crippen molar-refractivity contribution in [2.45, 2.75) is 18.9 Å². The van der Waals surface area contributed by atoms with Crippen LogP contribution in [0.4, 0.5) is 0 Å². The third kappa shape index (κ3) is 3.59. The average molecular weight is 336 g/mol. The molecule has 0 unspecified atom stereocenters. The van der Waals surface area contributed by atoms with E-state index in [1.807, 2.05) is 0 Å². The lowest BCUT2D eigenvalue weighted by Gasteiger charge is -2.40. The van der Waals surface area contributed by atoms with Crippen molar-refractivity contribution in [3.8, 4) is 0 Å². The molecule has 0 spiro atoms. The van der Waals surface area contributed by atoms with E-state index < -0.39 is 17.9 Å². The Morgan fingerprint density at radius 2 is 2.12 bits per heavy atom. The number of aryl methyl sites for hydroxylation is 1. The zero-order valence-electron chi connectivity index (χ0n) is 13.9. The summed E-state index contributed by atoms with van der Waals surface area (Å²) in [5.41, 5.74) is 0.792. The molecule has 2 saturated heterocycles. The van der Waals surface area contributed by atoms with Crippen LogP contribution in [0.2, 0.25) is 0 Å². The maximum absolute atomic E-state index is 12.5. The zero-order valence-corrected chi connectivity index (χ0v) is 13.9. The number of amides is 1. The fourth-order valence-electron chi connectivity index (χ4n) is 3.55. The number of ether oxygens (including phenoxy) is 1. The lowest BCUT2D eigenvalue weighted by Crippen LogP contribution is -2.49. The predicted octanol–water partition coefficient (Wildman–Crippen LogP) is 0.117. The molecule has 0 bridgehead atoms. The minimum atomic E-state index is -0.854. The second kappa shape index (κ2) is 7.31. The molecule has 0 radical (unpaired) electrons. The van der Waals surface area contributed by atoms with Gasteiger partial charge >= 0.3 is 5.97 Å². The normalized spacial score (nSPS) is 25.9. The molecule has 0 saturated carbocycles. The lowest BCUT2D eigenvalue weighted by atomic mass is 9.85. The molecule has 3 heterocycles. The third-order valence-electron chi connectivity index (χ3n) is 4.85. The van der Waals surface area contributed by atoms with Gasteiger partial charge in [-0.1, -0.05) is 0 Å². The molecule has 1 aromatic heterocycles. The second-order valence-corrected chi connectivity index (χ2v) is 6.42. The standard InChI is InChI=1S/C16H24N4O4/c1-18-11-12(10-17-18)15-13(16(22)23)2-3-14(21)20(15)5-4-19-6-8-24-9-7-19/h10-11,13,15H,2-9H2,1H3,(H,22,23)/t13-,15+/m1/s1. The molecule has 1 aromatic rings. The fraction of sp³-hybridized carbons (Fsp3) is 0.688. The van der Waals surface area contributed by atoms with Crippen LogP contribution in [0.5, 0.6) is 0 Å². The van der Waals surface area contributed by atoms with Crippen LogP contribution in [0.15, 0.2) is 12.4 Å². The fourth-order valence-corrected chi connectivity index (χ4v) is 3.55. The van der Waals surface area contributed by atoms with Gasteiger partial charge < -0.3 is 14.7 Å². The van der Waals surface area contributed by atoms with Crippen molar-refractivity contribution in [1.82, 2.24) is 19.6 Å². The van der Waals surface area contributed by atoms with E-state index in [-0.39, 0.29) is 12.3 Å². The van der Waals surface area contributed by atoms with E-state index in [2.05, 4.69) is 10.00 Å². The maximum atomic E-state index is 12.5. The Balaban J connectivity index is 1.78. The molecule has 3 rings (SSSR count). The molecule has 8 heteroatoms. The largest absolute Gasteiger partial charge is 0.481 e. The quantitative estimate of drug-likeness (QED) is 0.821. The van der Waals surface area contributed by atoms with Crippen LogP contribution in [0.25, 0.3) is 0 Å².